The van der Waals surface area contributed by atoms with E-state index in [-0.39, 0.29) is 40.3 Å². The van der Waals surface area contributed by atoms with Gasteiger partial charge in [-0.05, 0) is 134 Å². The van der Waals surface area contributed by atoms with Crippen molar-refractivity contribution < 1.29 is 24.2 Å². The summed E-state index contributed by atoms with van der Waals surface area (Å²) in [5.41, 5.74) is 2.56. The molecule has 0 amide bonds. The van der Waals surface area contributed by atoms with Crippen LogP contribution in [0, 0.1) is 50.7 Å². The fourth-order valence-corrected chi connectivity index (χ4v) is 11.9. The van der Waals surface area contributed by atoms with Gasteiger partial charge in [0.25, 0.3) is 0 Å². The lowest BCUT2D eigenvalue weighted by molar-refractivity contribution is -0.159. The van der Waals surface area contributed by atoms with E-state index in [0.29, 0.717) is 40.8 Å². The number of fused-ring (bicyclic) bond motifs is 2. The van der Waals surface area contributed by atoms with Gasteiger partial charge in [0.1, 0.15) is 11.5 Å². The Hall–Kier alpha value is -2.69. The van der Waals surface area contributed by atoms with E-state index in [1.54, 1.807) is 36.4 Å². The zero-order valence-corrected chi connectivity index (χ0v) is 27.7. The minimum atomic E-state index is -0.404. The summed E-state index contributed by atoms with van der Waals surface area (Å²) < 4.78 is 5.88. The van der Waals surface area contributed by atoms with Gasteiger partial charge < -0.3 is 9.84 Å². The number of allylic oxidation sites excluding steroid dienone is 2. The van der Waals surface area contributed by atoms with Gasteiger partial charge in [0.05, 0.1) is 6.61 Å². The molecule has 0 saturated heterocycles. The number of Topliss-reactive ketones (excluding diaryl/α,β-unsaturated/α-hetero) is 1. The highest BCUT2D eigenvalue weighted by Gasteiger charge is 2.82. The molecule has 6 rings (SSSR count). The molecular weight excluding hydrogens is 548 g/mol. The van der Waals surface area contributed by atoms with Crippen LogP contribution >= 0.6 is 0 Å². The van der Waals surface area contributed by atoms with Crippen molar-refractivity contribution in [2.45, 2.75) is 106 Å². The molecule has 0 aromatic heterocycles. The van der Waals surface area contributed by atoms with Gasteiger partial charge in [0.2, 0.25) is 0 Å². The third-order valence-corrected chi connectivity index (χ3v) is 14.1. The molecule has 5 aliphatic carbocycles. The van der Waals surface area contributed by atoms with Crippen molar-refractivity contribution in [3.05, 3.63) is 47.6 Å². The summed E-state index contributed by atoms with van der Waals surface area (Å²) in [7, 11) is 0. The average Bonchev–Trinajstić information content (AvgIpc) is 3.55. The second-order valence-corrected chi connectivity index (χ2v) is 16.5. The minimum absolute atomic E-state index is 0.0271. The lowest BCUT2D eigenvalue weighted by Crippen LogP contribution is -2.57. The van der Waals surface area contributed by atoms with Crippen LogP contribution in [0.3, 0.4) is 0 Å². The van der Waals surface area contributed by atoms with Gasteiger partial charge in [-0.3, -0.25) is 9.59 Å². The van der Waals surface area contributed by atoms with Crippen LogP contribution in [0.4, 0.5) is 0 Å². The number of phenols is 1. The number of hydrogen-bond donors (Lipinski definition) is 1. The average molecular weight is 601 g/mol. The molecule has 5 nitrogen and oxygen atoms in total. The number of esters is 1. The molecule has 2 spiro atoms. The largest absolute Gasteiger partial charge is 0.508 e. The number of carbonyl (C=O) groups excluding carboxylic acids is 3. The molecule has 5 fully saturated rings. The molecular formula is C39H52O5. The summed E-state index contributed by atoms with van der Waals surface area (Å²) in [5.74, 6) is 1.82. The second-order valence-electron chi connectivity index (χ2n) is 16.5. The number of ketones is 2. The van der Waals surface area contributed by atoms with Gasteiger partial charge >= 0.3 is 5.97 Å². The fourth-order valence-electron chi connectivity index (χ4n) is 11.9. The van der Waals surface area contributed by atoms with Crippen molar-refractivity contribution in [2.24, 2.45) is 50.7 Å². The Labute approximate surface area is 263 Å². The van der Waals surface area contributed by atoms with Crippen LogP contribution in [0.5, 0.6) is 5.75 Å². The van der Waals surface area contributed by atoms with Gasteiger partial charge in [-0.15, -0.1) is 0 Å². The molecule has 5 heteroatoms. The summed E-state index contributed by atoms with van der Waals surface area (Å²) in [5, 5.41) is 9.53. The van der Waals surface area contributed by atoms with Crippen LogP contribution in [0.25, 0.3) is 6.08 Å². The predicted octanol–water partition coefficient (Wildman–Crippen LogP) is 8.50. The highest BCUT2D eigenvalue weighted by molar-refractivity contribution is 5.90. The van der Waals surface area contributed by atoms with Gasteiger partial charge in [0.15, 0.2) is 5.78 Å². The number of hydrogen-bond acceptors (Lipinski definition) is 5. The number of phenolic OH excluding ortho intramolecular Hbond substituents is 1. The first-order chi connectivity index (χ1) is 20.7. The van der Waals surface area contributed by atoms with E-state index in [4.69, 9.17) is 4.74 Å². The maximum atomic E-state index is 13.2. The van der Waals surface area contributed by atoms with Crippen LogP contribution in [0.1, 0.15) is 111 Å². The van der Waals surface area contributed by atoms with E-state index in [1.807, 2.05) is 13.8 Å². The van der Waals surface area contributed by atoms with E-state index in [1.165, 1.54) is 25.3 Å². The third kappa shape index (κ3) is 4.66. The highest BCUT2D eigenvalue weighted by atomic mass is 16.5. The van der Waals surface area contributed by atoms with Crippen molar-refractivity contribution in [1.82, 2.24) is 0 Å². The van der Waals surface area contributed by atoms with Crippen LogP contribution in [0.15, 0.2) is 42.0 Å². The Kier molecular flexibility index (Phi) is 7.61. The molecule has 1 aromatic carbocycles. The summed E-state index contributed by atoms with van der Waals surface area (Å²) in [6, 6.07) is 6.68. The lowest BCUT2D eigenvalue weighted by Gasteiger charge is -2.62. The Bertz CT molecular complexity index is 1400. The molecule has 0 bridgehead atoms. The minimum Gasteiger partial charge on any atom is -0.508 e. The fraction of sp³-hybridized carbons (Fsp3) is 0.667. The Morgan fingerprint density at radius 2 is 1.61 bits per heavy atom. The van der Waals surface area contributed by atoms with Gasteiger partial charge in [-0.25, -0.2) is 4.79 Å². The molecule has 5 aliphatic rings. The standard InChI is InChI=1S/C39H52O5/c1-25(2)21-29(41)22-27(23-44-34(43)14-9-26-7-10-28(40)11-8-26)30-15-17-37(6)32-13-12-31-35(3,4)33(42)16-18-38(31)24-39(32,38)20-19-36(30,37)5/h7-11,14,21,27,30-32,40H,12-13,15-20,22-24H2,1-6H3. The van der Waals surface area contributed by atoms with E-state index >= 15 is 0 Å². The molecule has 0 aliphatic heterocycles. The molecule has 44 heavy (non-hydrogen) atoms. The number of benzene rings is 1. The summed E-state index contributed by atoms with van der Waals surface area (Å²) in [6.07, 6.45) is 15.4. The topological polar surface area (TPSA) is 80.7 Å². The third-order valence-electron chi connectivity index (χ3n) is 14.1. The van der Waals surface area contributed by atoms with Crippen molar-refractivity contribution in [1.29, 1.82) is 0 Å². The lowest BCUT2D eigenvalue weighted by atomic mass is 9.42. The van der Waals surface area contributed by atoms with E-state index < -0.39 is 5.97 Å². The summed E-state index contributed by atoms with van der Waals surface area (Å²) in [6.45, 7) is 13.7. The SMILES string of the molecule is CC(C)=CC(=O)CC(COC(=O)C=Cc1ccc(O)cc1)C1CCC2(C)C3CCC4C(C)(C)C(=O)CCC45CC35CCC12C. The van der Waals surface area contributed by atoms with Gasteiger partial charge in [-0.1, -0.05) is 45.4 Å². The Morgan fingerprint density at radius 1 is 0.932 bits per heavy atom. The summed E-state index contributed by atoms with van der Waals surface area (Å²) in [4.78, 5) is 39.1. The molecule has 5 saturated carbocycles. The molecule has 0 radical (unpaired) electrons. The maximum Gasteiger partial charge on any atom is 0.330 e. The number of aromatic hydroxyl groups is 1. The number of ether oxygens (including phenoxy) is 1. The zero-order chi connectivity index (χ0) is 31.7. The second kappa shape index (κ2) is 10.7. The molecule has 1 N–H and O–H groups in total. The van der Waals surface area contributed by atoms with Crippen molar-refractivity contribution in [3.8, 4) is 5.75 Å². The van der Waals surface area contributed by atoms with Crippen molar-refractivity contribution >= 4 is 23.6 Å². The van der Waals surface area contributed by atoms with E-state index in [9.17, 15) is 19.5 Å². The maximum absolute atomic E-state index is 13.2. The van der Waals surface area contributed by atoms with Crippen molar-refractivity contribution in [3.63, 3.8) is 0 Å². The van der Waals surface area contributed by atoms with E-state index in [0.717, 1.165) is 49.7 Å². The quantitative estimate of drug-likeness (QED) is 0.239. The highest BCUT2D eigenvalue weighted by Crippen LogP contribution is 2.88. The van der Waals surface area contributed by atoms with Crippen molar-refractivity contribution in [2.75, 3.05) is 6.61 Å². The molecule has 0 heterocycles. The van der Waals surface area contributed by atoms with E-state index in [2.05, 4.69) is 27.7 Å². The monoisotopic (exact) mass is 600 g/mol. The first kappa shape index (κ1) is 31.3. The van der Waals surface area contributed by atoms with Crippen LogP contribution in [-0.4, -0.2) is 29.2 Å². The molecule has 8 atom stereocenters. The molecule has 238 valence electrons. The normalized spacial score (nSPS) is 39.0. The van der Waals surface area contributed by atoms with Gasteiger partial charge in [-0.2, -0.15) is 0 Å². The molecule has 8 unspecified atom stereocenters. The molecule has 1 aromatic rings. The van der Waals surface area contributed by atoms with Crippen LogP contribution < -0.4 is 0 Å². The zero-order valence-electron chi connectivity index (χ0n) is 27.7. The smallest absolute Gasteiger partial charge is 0.330 e. The Balaban J connectivity index is 1.23. The number of rotatable bonds is 8. The summed E-state index contributed by atoms with van der Waals surface area (Å²) >= 11 is 0. The Morgan fingerprint density at radius 3 is 2.32 bits per heavy atom. The first-order valence-electron chi connectivity index (χ1n) is 17.0. The van der Waals surface area contributed by atoms with Crippen LogP contribution in [-0.2, 0) is 19.1 Å². The van der Waals surface area contributed by atoms with Gasteiger partial charge in [0, 0.05) is 30.3 Å². The predicted molar refractivity (Wildman–Crippen MR) is 173 cm³/mol. The number of carbonyl (C=O) groups is 3. The van der Waals surface area contributed by atoms with Crippen LogP contribution in [0.2, 0.25) is 0 Å². The first-order valence-corrected chi connectivity index (χ1v) is 17.0.